The lowest BCUT2D eigenvalue weighted by Crippen LogP contribution is -1.92. The molecule has 0 aliphatic rings. The number of rotatable bonds is 4. The summed E-state index contributed by atoms with van der Waals surface area (Å²) < 4.78 is 10.5. The van der Waals surface area contributed by atoms with Gasteiger partial charge in [-0.25, -0.2) is 0 Å². The Balaban J connectivity index is 2.42. The molecule has 0 saturated heterocycles. The van der Waals surface area contributed by atoms with Crippen LogP contribution >= 0.6 is 0 Å². The van der Waals surface area contributed by atoms with Crippen molar-refractivity contribution in [3.63, 3.8) is 0 Å². The van der Waals surface area contributed by atoms with Crippen LogP contribution in [0.4, 0.5) is 0 Å². The summed E-state index contributed by atoms with van der Waals surface area (Å²) >= 11 is 0. The summed E-state index contributed by atoms with van der Waals surface area (Å²) in [5, 5.41) is 0. The second kappa shape index (κ2) is 5.57. The quantitative estimate of drug-likeness (QED) is 0.784. The number of Topliss-reactive ketones (excluding diaryl/α,β-unsaturated/α-hetero) is 1. The van der Waals surface area contributed by atoms with Crippen LogP contribution in [-0.2, 0) is 0 Å². The summed E-state index contributed by atoms with van der Waals surface area (Å²) in [4.78, 5) is 11.3. The van der Waals surface area contributed by atoms with E-state index in [0.717, 1.165) is 22.6 Å². The Labute approximate surface area is 112 Å². The number of carbonyl (C=O) groups is 1. The molecular weight excluding hydrogens is 240 g/mol. The summed E-state index contributed by atoms with van der Waals surface area (Å²) in [5.74, 6) is 1.55. The summed E-state index contributed by atoms with van der Waals surface area (Å²) in [6.07, 6.45) is 0. The Morgan fingerprint density at radius 1 is 0.842 bits per heavy atom. The molecule has 0 unspecified atom stereocenters. The number of ether oxygens (including phenoxy) is 2. The third kappa shape index (κ3) is 2.94. The second-order valence-corrected chi connectivity index (χ2v) is 4.23. The Morgan fingerprint density at radius 2 is 1.37 bits per heavy atom. The smallest absolute Gasteiger partial charge is 0.159 e. The van der Waals surface area contributed by atoms with E-state index in [2.05, 4.69) is 0 Å². The van der Waals surface area contributed by atoms with Crippen molar-refractivity contribution in [1.29, 1.82) is 0 Å². The highest BCUT2D eigenvalue weighted by Crippen LogP contribution is 2.29. The first kappa shape index (κ1) is 13.1. The van der Waals surface area contributed by atoms with Gasteiger partial charge in [0.15, 0.2) is 5.78 Å². The molecule has 0 aliphatic carbocycles. The summed E-state index contributed by atoms with van der Waals surface area (Å²) in [6.45, 7) is 1.56. The van der Waals surface area contributed by atoms with E-state index in [0.29, 0.717) is 5.56 Å². The zero-order valence-corrected chi connectivity index (χ0v) is 11.3. The Morgan fingerprint density at radius 3 is 1.79 bits per heavy atom. The number of hydrogen-bond acceptors (Lipinski definition) is 3. The number of carbonyl (C=O) groups excluding carboxylic acids is 1. The number of benzene rings is 2. The third-order valence-corrected chi connectivity index (χ3v) is 2.98. The molecule has 0 N–H and O–H groups in total. The summed E-state index contributed by atoms with van der Waals surface area (Å²) in [7, 11) is 3.24. The first-order valence-corrected chi connectivity index (χ1v) is 5.98. The second-order valence-electron chi connectivity index (χ2n) is 4.23. The third-order valence-electron chi connectivity index (χ3n) is 2.98. The van der Waals surface area contributed by atoms with Gasteiger partial charge in [0.25, 0.3) is 0 Å². The molecule has 0 aliphatic heterocycles. The maximum atomic E-state index is 11.3. The Bertz CT molecular complexity index is 563. The maximum Gasteiger partial charge on any atom is 0.159 e. The number of hydrogen-bond donors (Lipinski definition) is 0. The molecule has 2 rings (SSSR count). The Kier molecular flexibility index (Phi) is 3.85. The van der Waals surface area contributed by atoms with Crippen LogP contribution in [0, 0.1) is 0 Å². The van der Waals surface area contributed by atoms with Crippen LogP contribution in [0.5, 0.6) is 11.5 Å². The average molecular weight is 256 g/mol. The lowest BCUT2D eigenvalue weighted by Gasteiger charge is -2.09. The lowest BCUT2D eigenvalue weighted by molar-refractivity contribution is 0.101. The van der Waals surface area contributed by atoms with Crippen molar-refractivity contribution in [2.75, 3.05) is 14.2 Å². The van der Waals surface area contributed by atoms with E-state index in [1.54, 1.807) is 21.1 Å². The first-order chi connectivity index (χ1) is 9.13. The number of ketones is 1. The molecule has 0 heterocycles. The molecule has 0 amide bonds. The van der Waals surface area contributed by atoms with Crippen LogP contribution in [0.15, 0.2) is 42.5 Å². The zero-order chi connectivity index (χ0) is 13.8. The lowest BCUT2D eigenvalue weighted by atomic mass is 10.0. The van der Waals surface area contributed by atoms with Crippen LogP contribution in [-0.4, -0.2) is 20.0 Å². The standard InChI is InChI=1S/C16H16O3/c1-11(17)12-4-6-13(7-5-12)14-8-15(18-2)10-16(9-14)19-3/h4-10H,1-3H3. The van der Waals surface area contributed by atoms with E-state index >= 15 is 0 Å². The van der Waals surface area contributed by atoms with Gasteiger partial charge >= 0.3 is 0 Å². The van der Waals surface area contributed by atoms with E-state index in [-0.39, 0.29) is 5.78 Å². The molecule has 2 aromatic carbocycles. The summed E-state index contributed by atoms with van der Waals surface area (Å²) in [6, 6.07) is 13.2. The van der Waals surface area contributed by atoms with Gasteiger partial charge in [0.05, 0.1) is 14.2 Å². The molecule has 0 saturated carbocycles. The van der Waals surface area contributed by atoms with Crippen molar-refractivity contribution in [2.45, 2.75) is 6.92 Å². The predicted molar refractivity (Wildman–Crippen MR) is 75.0 cm³/mol. The molecule has 0 bridgehead atoms. The molecule has 98 valence electrons. The molecule has 0 fully saturated rings. The molecule has 2 aromatic rings. The van der Waals surface area contributed by atoms with Crippen molar-refractivity contribution >= 4 is 5.78 Å². The van der Waals surface area contributed by atoms with E-state index in [9.17, 15) is 4.79 Å². The SMILES string of the molecule is COc1cc(OC)cc(-c2ccc(C(C)=O)cc2)c1. The summed E-state index contributed by atoms with van der Waals surface area (Å²) in [5.41, 5.74) is 2.71. The molecule has 0 spiro atoms. The Hall–Kier alpha value is -2.29. The largest absolute Gasteiger partial charge is 0.497 e. The van der Waals surface area contributed by atoms with Gasteiger partial charge in [0.1, 0.15) is 11.5 Å². The average Bonchev–Trinajstić information content (AvgIpc) is 2.46. The van der Waals surface area contributed by atoms with Gasteiger partial charge in [-0.15, -0.1) is 0 Å². The van der Waals surface area contributed by atoms with E-state index in [1.807, 2.05) is 42.5 Å². The van der Waals surface area contributed by atoms with Crippen LogP contribution in [0.25, 0.3) is 11.1 Å². The van der Waals surface area contributed by atoms with E-state index in [1.165, 1.54) is 0 Å². The van der Waals surface area contributed by atoms with Crippen molar-refractivity contribution < 1.29 is 14.3 Å². The van der Waals surface area contributed by atoms with Crippen molar-refractivity contribution in [2.24, 2.45) is 0 Å². The highest BCUT2D eigenvalue weighted by Gasteiger charge is 2.05. The van der Waals surface area contributed by atoms with Crippen molar-refractivity contribution in [1.82, 2.24) is 0 Å². The van der Waals surface area contributed by atoms with Crippen LogP contribution < -0.4 is 9.47 Å². The van der Waals surface area contributed by atoms with Crippen LogP contribution in [0.3, 0.4) is 0 Å². The zero-order valence-electron chi connectivity index (χ0n) is 11.3. The van der Waals surface area contributed by atoms with Crippen molar-refractivity contribution in [3.05, 3.63) is 48.0 Å². The molecule has 19 heavy (non-hydrogen) atoms. The van der Waals surface area contributed by atoms with Gasteiger partial charge in [0, 0.05) is 11.6 Å². The van der Waals surface area contributed by atoms with Gasteiger partial charge in [-0.3, -0.25) is 4.79 Å². The van der Waals surface area contributed by atoms with Gasteiger partial charge in [-0.2, -0.15) is 0 Å². The van der Waals surface area contributed by atoms with E-state index < -0.39 is 0 Å². The predicted octanol–water partition coefficient (Wildman–Crippen LogP) is 3.57. The fraction of sp³-hybridized carbons (Fsp3) is 0.188. The topological polar surface area (TPSA) is 35.5 Å². The monoisotopic (exact) mass is 256 g/mol. The molecule has 0 atom stereocenters. The minimum atomic E-state index is 0.0646. The van der Waals surface area contributed by atoms with Gasteiger partial charge in [0.2, 0.25) is 0 Å². The van der Waals surface area contributed by atoms with E-state index in [4.69, 9.17) is 9.47 Å². The van der Waals surface area contributed by atoms with Gasteiger partial charge < -0.3 is 9.47 Å². The maximum absolute atomic E-state index is 11.3. The van der Waals surface area contributed by atoms with Crippen LogP contribution in [0.2, 0.25) is 0 Å². The highest BCUT2D eigenvalue weighted by molar-refractivity contribution is 5.94. The molecule has 3 heteroatoms. The minimum Gasteiger partial charge on any atom is -0.497 e. The van der Waals surface area contributed by atoms with Gasteiger partial charge in [-0.1, -0.05) is 24.3 Å². The number of methoxy groups -OCH3 is 2. The van der Waals surface area contributed by atoms with Crippen LogP contribution in [0.1, 0.15) is 17.3 Å². The fourth-order valence-electron chi connectivity index (χ4n) is 1.87. The normalized spacial score (nSPS) is 10.1. The van der Waals surface area contributed by atoms with Crippen molar-refractivity contribution in [3.8, 4) is 22.6 Å². The minimum absolute atomic E-state index is 0.0646. The molecule has 3 nitrogen and oxygen atoms in total. The van der Waals surface area contributed by atoms with Gasteiger partial charge in [-0.05, 0) is 30.2 Å². The highest BCUT2D eigenvalue weighted by atomic mass is 16.5. The fourth-order valence-corrected chi connectivity index (χ4v) is 1.87. The molecular formula is C16H16O3. The first-order valence-electron chi connectivity index (χ1n) is 5.98. The molecule has 0 radical (unpaired) electrons. The molecule has 0 aromatic heterocycles.